The normalized spacial score (nSPS) is 10.3. The molecule has 1 rings (SSSR count). The fraction of sp³-hybridized carbons (Fsp3) is 0.375. The van der Waals surface area contributed by atoms with Crippen molar-refractivity contribution in [3.63, 3.8) is 0 Å². The standard InChI is InChI=1S/C8H11NO3S/c1-5-6(4-9-12-2)3-7(13-5)8(10)11/h3,9H,4H2,1-2H3,(H,10,11). The highest BCUT2D eigenvalue weighted by atomic mass is 32.1. The number of carbonyl (C=O) groups is 1. The summed E-state index contributed by atoms with van der Waals surface area (Å²) in [6, 6.07) is 1.66. The van der Waals surface area contributed by atoms with Gasteiger partial charge in [0.05, 0.1) is 7.11 Å². The Labute approximate surface area is 80.1 Å². The molecule has 0 aliphatic carbocycles. The zero-order valence-corrected chi connectivity index (χ0v) is 8.27. The Morgan fingerprint density at radius 3 is 2.92 bits per heavy atom. The summed E-state index contributed by atoms with van der Waals surface area (Å²) in [5.41, 5.74) is 3.63. The Bertz CT molecular complexity index is 308. The van der Waals surface area contributed by atoms with Crippen LogP contribution in [-0.4, -0.2) is 18.2 Å². The maximum absolute atomic E-state index is 10.6. The molecule has 4 nitrogen and oxygen atoms in total. The number of aromatic carboxylic acids is 1. The lowest BCUT2D eigenvalue weighted by molar-refractivity contribution is 0.0701. The van der Waals surface area contributed by atoms with Gasteiger partial charge in [-0.05, 0) is 18.6 Å². The minimum atomic E-state index is -0.878. The molecular weight excluding hydrogens is 190 g/mol. The minimum Gasteiger partial charge on any atom is -0.477 e. The molecule has 0 radical (unpaired) electrons. The molecule has 72 valence electrons. The molecule has 0 aliphatic rings. The molecule has 0 spiro atoms. The van der Waals surface area contributed by atoms with E-state index in [0.29, 0.717) is 11.4 Å². The number of aryl methyl sites for hydroxylation is 1. The van der Waals surface area contributed by atoms with Crippen LogP contribution in [0.15, 0.2) is 6.07 Å². The molecule has 2 N–H and O–H groups in total. The summed E-state index contributed by atoms with van der Waals surface area (Å²) in [5.74, 6) is -0.878. The van der Waals surface area contributed by atoms with E-state index in [2.05, 4.69) is 10.3 Å². The molecule has 0 bridgehead atoms. The second-order valence-electron chi connectivity index (χ2n) is 2.52. The second-order valence-corrected chi connectivity index (χ2v) is 3.78. The summed E-state index contributed by atoms with van der Waals surface area (Å²) >= 11 is 1.28. The van der Waals surface area contributed by atoms with E-state index < -0.39 is 5.97 Å². The van der Waals surface area contributed by atoms with Crippen molar-refractivity contribution >= 4 is 17.3 Å². The molecule has 0 saturated heterocycles. The molecule has 0 aliphatic heterocycles. The van der Waals surface area contributed by atoms with Gasteiger partial charge in [0.25, 0.3) is 0 Å². The topological polar surface area (TPSA) is 58.6 Å². The zero-order chi connectivity index (χ0) is 9.84. The van der Waals surface area contributed by atoms with Gasteiger partial charge in [-0.1, -0.05) is 0 Å². The third kappa shape index (κ3) is 2.51. The zero-order valence-electron chi connectivity index (χ0n) is 7.46. The van der Waals surface area contributed by atoms with Crippen molar-refractivity contribution in [2.45, 2.75) is 13.5 Å². The Kier molecular flexibility index (Phi) is 3.41. The molecule has 5 heteroatoms. The monoisotopic (exact) mass is 201 g/mol. The van der Waals surface area contributed by atoms with Gasteiger partial charge in [0, 0.05) is 11.4 Å². The van der Waals surface area contributed by atoms with Crippen LogP contribution in [0, 0.1) is 6.92 Å². The van der Waals surface area contributed by atoms with E-state index in [1.165, 1.54) is 18.4 Å². The second kappa shape index (κ2) is 4.36. The molecule has 0 saturated carbocycles. The highest BCUT2D eigenvalue weighted by Crippen LogP contribution is 2.21. The summed E-state index contributed by atoms with van der Waals surface area (Å²) in [6.07, 6.45) is 0. The van der Waals surface area contributed by atoms with Crippen molar-refractivity contribution in [1.82, 2.24) is 5.48 Å². The van der Waals surface area contributed by atoms with E-state index in [1.807, 2.05) is 6.92 Å². The lowest BCUT2D eigenvalue weighted by Gasteiger charge is -1.98. The van der Waals surface area contributed by atoms with Crippen molar-refractivity contribution in [3.05, 3.63) is 21.4 Å². The van der Waals surface area contributed by atoms with Crippen LogP contribution < -0.4 is 5.48 Å². The molecular formula is C8H11NO3S. The fourth-order valence-electron chi connectivity index (χ4n) is 0.951. The molecule has 0 aromatic carbocycles. The van der Waals surface area contributed by atoms with Crippen LogP contribution >= 0.6 is 11.3 Å². The van der Waals surface area contributed by atoms with Gasteiger partial charge in [-0.2, -0.15) is 5.48 Å². The van der Waals surface area contributed by atoms with Crippen LogP contribution in [0.2, 0.25) is 0 Å². The summed E-state index contributed by atoms with van der Waals surface area (Å²) < 4.78 is 0. The van der Waals surface area contributed by atoms with Crippen molar-refractivity contribution in [2.24, 2.45) is 0 Å². The highest BCUT2D eigenvalue weighted by Gasteiger charge is 2.10. The van der Waals surface area contributed by atoms with Gasteiger partial charge in [0.2, 0.25) is 0 Å². The Balaban J connectivity index is 2.77. The first-order valence-electron chi connectivity index (χ1n) is 3.73. The molecule has 0 atom stereocenters. The minimum absolute atomic E-state index is 0.366. The molecule has 0 fully saturated rings. The number of thiophene rings is 1. The molecule has 0 unspecified atom stereocenters. The number of rotatable bonds is 4. The maximum atomic E-state index is 10.6. The lowest BCUT2D eigenvalue weighted by Crippen LogP contribution is -2.10. The van der Waals surface area contributed by atoms with Gasteiger partial charge in [-0.15, -0.1) is 11.3 Å². The van der Waals surface area contributed by atoms with E-state index in [1.54, 1.807) is 6.07 Å². The quantitative estimate of drug-likeness (QED) is 0.723. The number of carboxylic acids is 1. The first-order chi connectivity index (χ1) is 6.15. The van der Waals surface area contributed by atoms with Crippen LogP contribution in [0.25, 0.3) is 0 Å². The van der Waals surface area contributed by atoms with Gasteiger partial charge >= 0.3 is 5.97 Å². The van der Waals surface area contributed by atoms with E-state index in [4.69, 9.17) is 5.11 Å². The van der Waals surface area contributed by atoms with E-state index in [9.17, 15) is 4.79 Å². The van der Waals surface area contributed by atoms with Gasteiger partial charge in [0.1, 0.15) is 4.88 Å². The Hall–Kier alpha value is -0.910. The predicted molar refractivity (Wildman–Crippen MR) is 49.9 cm³/mol. The first kappa shape index (κ1) is 10.2. The first-order valence-corrected chi connectivity index (χ1v) is 4.55. The van der Waals surface area contributed by atoms with E-state index in [-0.39, 0.29) is 0 Å². The number of hydrogen-bond donors (Lipinski definition) is 2. The molecule has 1 heterocycles. The predicted octanol–water partition coefficient (Wildman–Crippen LogP) is 1.41. The van der Waals surface area contributed by atoms with Crippen molar-refractivity contribution in [2.75, 3.05) is 7.11 Å². The van der Waals surface area contributed by atoms with Crippen molar-refractivity contribution in [1.29, 1.82) is 0 Å². The largest absolute Gasteiger partial charge is 0.477 e. The summed E-state index contributed by atoms with van der Waals surface area (Å²) in [7, 11) is 1.53. The number of hydroxylamine groups is 1. The number of hydrogen-bond acceptors (Lipinski definition) is 4. The summed E-state index contributed by atoms with van der Waals surface area (Å²) in [4.78, 5) is 16.6. The van der Waals surface area contributed by atoms with Gasteiger partial charge in [0.15, 0.2) is 0 Å². The third-order valence-electron chi connectivity index (χ3n) is 1.64. The molecule has 0 amide bonds. The van der Waals surface area contributed by atoms with Crippen LogP contribution in [0.5, 0.6) is 0 Å². The average molecular weight is 201 g/mol. The molecule has 13 heavy (non-hydrogen) atoms. The maximum Gasteiger partial charge on any atom is 0.345 e. The number of carboxylic acid groups (broad SMARTS) is 1. The smallest absolute Gasteiger partial charge is 0.345 e. The molecule has 1 aromatic heterocycles. The molecule has 1 aromatic rings. The fourth-order valence-corrected chi connectivity index (χ4v) is 1.83. The van der Waals surface area contributed by atoms with Gasteiger partial charge in [-0.3, -0.25) is 0 Å². The number of nitrogens with one attached hydrogen (secondary N) is 1. The summed E-state index contributed by atoms with van der Waals surface area (Å²) in [6.45, 7) is 2.43. The van der Waals surface area contributed by atoms with Crippen molar-refractivity contribution in [3.8, 4) is 0 Å². The Morgan fingerprint density at radius 2 is 2.46 bits per heavy atom. The SMILES string of the molecule is CONCc1cc(C(=O)O)sc1C. The lowest BCUT2D eigenvalue weighted by atomic mass is 10.2. The van der Waals surface area contributed by atoms with Crippen LogP contribution in [0.3, 0.4) is 0 Å². The van der Waals surface area contributed by atoms with Crippen LogP contribution in [0.1, 0.15) is 20.1 Å². The van der Waals surface area contributed by atoms with Gasteiger partial charge in [-0.25, -0.2) is 4.79 Å². The van der Waals surface area contributed by atoms with Crippen LogP contribution in [-0.2, 0) is 11.4 Å². The van der Waals surface area contributed by atoms with E-state index in [0.717, 1.165) is 10.4 Å². The van der Waals surface area contributed by atoms with Gasteiger partial charge < -0.3 is 9.94 Å². The Morgan fingerprint density at radius 1 is 1.77 bits per heavy atom. The summed E-state index contributed by atoms with van der Waals surface area (Å²) in [5, 5.41) is 8.71. The van der Waals surface area contributed by atoms with E-state index >= 15 is 0 Å². The average Bonchev–Trinajstić information content (AvgIpc) is 2.44. The third-order valence-corrected chi connectivity index (χ3v) is 2.72. The van der Waals surface area contributed by atoms with Crippen molar-refractivity contribution < 1.29 is 14.7 Å². The van der Waals surface area contributed by atoms with Crippen LogP contribution in [0.4, 0.5) is 0 Å². The highest BCUT2D eigenvalue weighted by molar-refractivity contribution is 7.14.